The molecular formula is C16H24BrClN2O. The number of nitrogens with one attached hydrogen (secondary N) is 2. The Hall–Kier alpha value is -0.580. The van der Waals surface area contributed by atoms with E-state index in [2.05, 4.69) is 33.5 Å². The van der Waals surface area contributed by atoms with Gasteiger partial charge in [-0.05, 0) is 57.9 Å². The smallest absolute Gasteiger partial charge is 0.230 e. The molecule has 1 aliphatic rings. The van der Waals surface area contributed by atoms with Gasteiger partial charge in [-0.15, -0.1) is 12.4 Å². The van der Waals surface area contributed by atoms with Gasteiger partial charge < -0.3 is 10.6 Å². The fourth-order valence-electron chi connectivity index (χ4n) is 2.63. The quantitative estimate of drug-likeness (QED) is 0.850. The molecule has 2 unspecified atom stereocenters. The molecule has 0 spiro atoms. The van der Waals surface area contributed by atoms with Crippen LogP contribution in [0.25, 0.3) is 0 Å². The Kier molecular flexibility index (Phi) is 6.70. The first-order valence-electron chi connectivity index (χ1n) is 7.20. The highest BCUT2D eigenvalue weighted by Gasteiger charge is 2.32. The summed E-state index contributed by atoms with van der Waals surface area (Å²) in [5, 5.41) is 6.62. The fourth-order valence-corrected chi connectivity index (χ4v) is 2.89. The van der Waals surface area contributed by atoms with Gasteiger partial charge in [-0.3, -0.25) is 4.79 Å². The van der Waals surface area contributed by atoms with Crippen LogP contribution in [0.15, 0.2) is 28.7 Å². The standard InChI is InChI=1S/C16H23BrN2O.ClH/c1-11-10-14(8-9-18-11)19-15(20)16(2,3)12-4-6-13(17)7-5-12;/h4-7,11,14,18H,8-10H2,1-3H3,(H,19,20);1H. The molecule has 0 radical (unpaired) electrons. The predicted octanol–water partition coefficient (Wildman–Crippen LogP) is 3.41. The Labute approximate surface area is 141 Å². The Morgan fingerprint density at radius 2 is 1.95 bits per heavy atom. The minimum atomic E-state index is -0.505. The molecule has 5 heteroatoms. The van der Waals surface area contributed by atoms with Crippen LogP contribution >= 0.6 is 28.3 Å². The van der Waals surface area contributed by atoms with E-state index in [-0.39, 0.29) is 24.4 Å². The van der Waals surface area contributed by atoms with Gasteiger partial charge in [-0.2, -0.15) is 0 Å². The Morgan fingerprint density at radius 1 is 1.33 bits per heavy atom. The van der Waals surface area contributed by atoms with E-state index < -0.39 is 5.41 Å². The molecular weight excluding hydrogens is 352 g/mol. The van der Waals surface area contributed by atoms with Gasteiger partial charge >= 0.3 is 0 Å². The molecule has 1 heterocycles. The molecule has 1 aromatic rings. The molecule has 0 bridgehead atoms. The van der Waals surface area contributed by atoms with Crippen molar-refractivity contribution in [1.29, 1.82) is 0 Å². The van der Waals surface area contributed by atoms with Gasteiger partial charge in [0.25, 0.3) is 0 Å². The number of hydrogen-bond donors (Lipinski definition) is 2. The summed E-state index contributed by atoms with van der Waals surface area (Å²) < 4.78 is 1.03. The zero-order chi connectivity index (χ0) is 14.8. The van der Waals surface area contributed by atoms with E-state index in [4.69, 9.17) is 0 Å². The summed E-state index contributed by atoms with van der Waals surface area (Å²) in [6.45, 7) is 7.11. The summed E-state index contributed by atoms with van der Waals surface area (Å²) in [6, 6.07) is 8.75. The van der Waals surface area contributed by atoms with Gasteiger partial charge in [0.2, 0.25) is 5.91 Å². The number of benzene rings is 1. The summed E-state index contributed by atoms with van der Waals surface area (Å²) in [7, 11) is 0. The van der Waals surface area contributed by atoms with E-state index in [1.165, 1.54) is 0 Å². The SMILES string of the molecule is CC1CC(NC(=O)C(C)(C)c2ccc(Br)cc2)CCN1.Cl. The lowest BCUT2D eigenvalue weighted by atomic mass is 9.83. The Bertz CT molecular complexity index is 476. The van der Waals surface area contributed by atoms with E-state index in [9.17, 15) is 4.79 Å². The highest BCUT2D eigenvalue weighted by Crippen LogP contribution is 2.25. The predicted molar refractivity (Wildman–Crippen MR) is 93.0 cm³/mol. The number of hydrogen-bond acceptors (Lipinski definition) is 2. The third kappa shape index (κ3) is 4.70. The molecule has 1 fully saturated rings. The normalized spacial score (nSPS) is 22.3. The monoisotopic (exact) mass is 374 g/mol. The molecule has 3 nitrogen and oxygen atoms in total. The average molecular weight is 376 g/mol. The molecule has 0 aromatic heterocycles. The van der Waals surface area contributed by atoms with Crippen LogP contribution in [0.3, 0.4) is 0 Å². The van der Waals surface area contributed by atoms with E-state index in [0.29, 0.717) is 6.04 Å². The summed E-state index contributed by atoms with van der Waals surface area (Å²) in [5.74, 6) is 0.110. The molecule has 21 heavy (non-hydrogen) atoms. The third-order valence-electron chi connectivity index (χ3n) is 4.09. The van der Waals surface area contributed by atoms with Gasteiger partial charge in [-0.25, -0.2) is 0 Å². The van der Waals surface area contributed by atoms with Crippen molar-refractivity contribution in [2.75, 3.05) is 6.54 Å². The molecule has 0 aliphatic carbocycles. The number of halogens is 2. The largest absolute Gasteiger partial charge is 0.353 e. The van der Waals surface area contributed by atoms with E-state index in [1.807, 2.05) is 38.1 Å². The maximum atomic E-state index is 12.6. The zero-order valence-electron chi connectivity index (χ0n) is 12.8. The van der Waals surface area contributed by atoms with Crippen LogP contribution in [0.1, 0.15) is 39.2 Å². The topological polar surface area (TPSA) is 41.1 Å². The maximum absolute atomic E-state index is 12.6. The number of piperidine rings is 1. The molecule has 1 amide bonds. The minimum absolute atomic E-state index is 0. The third-order valence-corrected chi connectivity index (χ3v) is 4.62. The molecule has 1 aliphatic heterocycles. The second-order valence-corrected chi connectivity index (χ2v) is 7.10. The van der Waals surface area contributed by atoms with Crippen molar-refractivity contribution >= 4 is 34.2 Å². The molecule has 1 aromatic carbocycles. The number of amides is 1. The highest BCUT2D eigenvalue weighted by atomic mass is 79.9. The molecule has 2 atom stereocenters. The summed E-state index contributed by atoms with van der Waals surface area (Å²) >= 11 is 3.43. The molecule has 2 rings (SSSR count). The second kappa shape index (κ2) is 7.61. The van der Waals surface area contributed by atoms with Crippen molar-refractivity contribution in [3.8, 4) is 0 Å². The number of rotatable bonds is 3. The van der Waals surface area contributed by atoms with Crippen LogP contribution in [0.4, 0.5) is 0 Å². The summed E-state index contributed by atoms with van der Waals surface area (Å²) in [5.41, 5.74) is 0.537. The van der Waals surface area contributed by atoms with Crippen molar-refractivity contribution in [2.24, 2.45) is 0 Å². The van der Waals surface area contributed by atoms with Gasteiger partial charge in [0.05, 0.1) is 5.41 Å². The van der Waals surface area contributed by atoms with Gasteiger partial charge in [0.1, 0.15) is 0 Å². The zero-order valence-corrected chi connectivity index (χ0v) is 15.2. The van der Waals surface area contributed by atoms with Crippen molar-refractivity contribution in [3.05, 3.63) is 34.3 Å². The fraction of sp³-hybridized carbons (Fsp3) is 0.562. The van der Waals surface area contributed by atoms with E-state index >= 15 is 0 Å². The maximum Gasteiger partial charge on any atom is 0.230 e. The first kappa shape index (κ1) is 18.5. The van der Waals surface area contributed by atoms with Crippen LogP contribution in [0.5, 0.6) is 0 Å². The number of carbonyl (C=O) groups is 1. The lowest BCUT2D eigenvalue weighted by Gasteiger charge is -2.32. The van der Waals surface area contributed by atoms with Crippen LogP contribution in [-0.4, -0.2) is 24.5 Å². The van der Waals surface area contributed by atoms with E-state index in [0.717, 1.165) is 29.4 Å². The summed E-state index contributed by atoms with van der Waals surface area (Å²) in [4.78, 5) is 12.6. The van der Waals surface area contributed by atoms with Crippen LogP contribution in [0.2, 0.25) is 0 Å². The molecule has 0 saturated carbocycles. The molecule has 1 saturated heterocycles. The average Bonchev–Trinajstić information content (AvgIpc) is 2.39. The van der Waals surface area contributed by atoms with Crippen LogP contribution < -0.4 is 10.6 Å². The Morgan fingerprint density at radius 3 is 2.52 bits per heavy atom. The van der Waals surface area contributed by atoms with Crippen molar-refractivity contribution in [3.63, 3.8) is 0 Å². The van der Waals surface area contributed by atoms with Gasteiger partial charge in [0.15, 0.2) is 0 Å². The van der Waals surface area contributed by atoms with Crippen molar-refractivity contribution in [1.82, 2.24) is 10.6 Å². The minimum Gasteiger partial charge on any atom is -0.353 e. The second-order valence-electron chi connectivity index (χ2n) is 6.18. The lowest BCUT2D eigenvalue weighted by Crippen LogP contribution is -2.50. The lowest BCUT2D eigenvalue weighted by molar-refractivity contribution is -0.126. The highest BCUT2D eigenvalue weighted by molar-refractivity contribution is 9.10. The van der Waals surface area contributed by atoms with Crippen molar-refractivity contribution in [2.45, 2.75) is 51.1 Å². The Balaban J connectivity index is 0.00000220. The van der Waals surface area contributed by atoms with Crippen molar-refractivity contribution < 1.29 is 4.79 Å². The van der Waals surface area contributed by atoms with Crippen LogP contribution in [-0.2, 0) is 10.2 Å². The summed E-state index contributed by atoms with van der Waals surface area (Å²) in [6.07, 6.45) is 2.01. The first-order chi connectivity index (χ1) is 9.39. The molecule has 2 N–H and O–H groups in total. The number of carbonyl (C=O) groups excluding carboxylic acids is 1. The van der Waals surface area contributed by atoms with Gasteiger partial charge in [-0.1, -0.05) is 28.1 Å². The van der Waals surface area contributed by atoms with E-state index in [1.54, 1.807) is 0 Å². The van der Waals surface area contributed by atoms with Crippen LogP contribution in [0, 0.1) is 0 Å². The van der Waals surface area contributed by atoms with Gasteiger partial charge in [0, 0.05) is 16.6 Å². The first-order valence-corrected chi connectivity index (χ1v) is 7.99. The molecule has 118 valence electrons.